The molecular weight excluding hydrogens is 332 g/mol. The van der Waals surface area contributed by atoms with Crippen molar-refractivity contribution in [3.05, 3.63) is 10.6 Å². The maximum atomic E-state index is 12.7. The fraction of sp³-hybridized carbons (Fsp3) is 0.750. The Bertz CT molecular complexity index is 703. The van der Waals surface area contributed by atoms with E-state index >= 15 is 0 Å². The third kappa shape index (κ3) is 3.76. The van der Waals surface area contributed by atoms with Gasteiger partial charge in [0.2, 0.25) is 5.91 Å². The Kier molecular flexibility index (Phi) is 5.11. The van der Waals surface area contributed by atoms with Crippen LogP contribution in [0.4, 0.5) is 5.13 Å². The van der Waals surface area contributed by atoms with Crippen LogP contribution < -0.4 is 5.32 Å². The van der Waals surface area contributed by atoms with E-state index in [1.807, 2.05) is 6.92 Å². The zero-order valence-electron chi connectivity index (χ0n) is 15.5. The van der Waals surface area contributed by atoms with Crippen molar-refractivity contribution in [2.24, 2.45) is 0 Å². The average molecular weight is 361 g/mol. The van der Waals surface area contributed by atoms with E-state index in [1.165, 1.54) is 25.2 Å². The van der Waals surface area contributed by atoms with E-state index in [2.05, 4.69) is 31.1 Å². The maximum absolute atomic E-state index is 12.7. The summed E-state index contributed by atoms with van der Waals surface area (Å²) in [6.45, 7) is 15.8. The van der Waals surface area contributed by atoms with Gasteiger partial charge in [-0.3, -0.25) is 4.79 Å². The van der Waals surface area contributed by atoms with Gasteiger partial charge in [0.05, 0.1) is 10.4 Å². The highest BCUT2D eigenvalue weighted by Crippen LogP contribution is 2.35. The van der Waals surface area contributed by atoms with Crippen LogP contribution in [-0.2, 0) is 20.0 Å². The Morgan fingerprint density at radius 1 is 1.04 bits per heavy atom. The molecule has 1 amide bonds. The fourth-order valence-electron chi connectivity index (χ4n) is 2.28. The standard InChI is InChI=1S/C16H28N2O3S2/c1-10-11(14(2,3)4)22-13(17-10)18-12(19)16(8,9)23(20,21)15(5,6)7/h1-9H3,(H,17,18,19). The highest BCUT2D eigenvalue weighted by atomic mass is 32.2. The molecule has 23 heavy (non-hydrogen) atoms. The first kappa shape index (κ1) is 20.1. The molecule has 132 valence electrons. The minimum Gasteiger partial charge on any atom is -0.301 e. The number of aryl methyl sites for hydroxylation is 1. The van der Waals surface area contributed by atoms with E-state index in [4.69, 9.17) is 0 Å². The van der Waals surface area contributed by atoms with Crippen LogP contribution in [0.15, 0.2) is 0 Å². The van der Waals surface area contributed by atoms with Gasteiger partial charge < -0.3 is 5.32 Å². The predicted octanol–water partition coefficient (Wildman–Crippen LogP) is 3.68. The third-order valence-corrected chi connectivity index (χ3v) is 8.36. The van der Waals surface area contributed by atoms with Crippen molar-refractivity contribution < 1.29 is 13.2 Å². The van der Waals surface area contributed by atoms with Gasteiger partial charge in [-0.1, -0.05) is 20.8 Å². The van der Waals surface area contributed by atoms with Crippen molar-refractivity contribution in [3.8, 4) is 0 Å². The second-order valence-corrected chi connectivity index (χ2v) is 12.5. The Hall–Kier alpha value is -0.950. The van der Waals surface area contributed by atoms with Crippen LogP contribution in [0, 0.1) is 6.92 Å². The van der Waals surface area contributed by atoms with Crippen LogP contribution in [0.2, 0.25) is 0 Å². The summed E-state index contributed by atoms with van der Waals surface area (Å²) in [4.78, 5) is 18.0. The number of carbonyl (C=O) groups excluding carboxylic acids is 1. The number of hydrogen-bond acceptors (Lipinski definition) is 5. The van der Waals surface area contributed by atoms with Crippen molar-refractivity contribution in [2.75, 3.05) is 5.32 Å². The molecule has 1 rings (SSSR count). The molecule has 1 aromatic heterocycles. The molecule has 0 saturated carbocycles. The van der Waals surface area contributed by atoms with Gasteiger partial charge in [0.25, 0.3) is 0 Å². The van der Waals surface area contributed by atoms with Crippen LogP contribution in [0.1, 0.15) is 66.0 Å². The molecule has 0 aromatic carbocycles. The van der Waals surface area contributed by atoms with Gasteiger partial charge in [-0.05, 0) is 47.0 Å². The molecule has 0 aliphatic rings. The monoisotopic (exact) mass is 360 g/mol. The first-order chi connectivity index (χ1) is 10.0. The van der Waals surface area contributed by atoms with Crippen molar-refractivity contribution in [1.82, 2.24) is 4.98 Å². The van der Waals surface area contributed by atoms with Gasteiger partial charge in [0.1, 0.15) is 4.75 Å². The third-order valence-electron chi connectivity index (χ3n) is 3.72. The van der Waals surface area contributed by atoms with Crippen LogP contribution in [0.25, 0.3) is 0 Å². The number of carbonyl (C=O) groups is 1. The summed E-state index contributed by atoms with van der Waals surface area (Å²) in [6.07, 6.45) is 0. The normalized spacial score (nSPS) is 14.0. The SMILES string of the molecule is Cc1nc(NC(=O)C(C)(C)S(=O)(=O)C(C)(C)C)sc1C(C)(C)C. The number of anilines is 1. The molecule has 1 heterocycles. The van der Waals surface area contributed by atoms with Gasteiger partial charge >= 0.3 is 0 Å². The number of nitrogens with one attached hydrogen (secondary N) is 1. The Morgan fingerprint density at radius 2 is 1.52 bits per heavy atom. The summed E-state index contributed by atoms with van der Waals surface area (Å²) >= 11 is 1.39. The van der Waals surface area contributed by atoms with Crippen molar-refractivity contribution in [1.29, 1.82) is 0 Å². The molecule has 1 aromatic rings. The second kappa shape index (κ2) is 5.84. The number of sulfone groups is 1. The average Bonchev–Trinajstić information content (AvgIpc) is 2.68. The fourth-order valence-corrected chi connectivity index (χ4v) is 5.13. The summed E-state index contributed by atoms with van der Waals surface area (Å²) in [5.41, 5.74) is 0.784. The summed E-state index contributed by atoms with van der Waals surface area (Å²) < 4.78 is 22.8. The van der Waals surface area contributed by atoms with E-state index in [1.54, 1.807) is 20.8 Å². The lowest BCUT2D eigenvalue weighted by molar-refractivity contribution is -0.117. The van der Waals surface area contributed by atoms with Crippen LogP contribution in [-0.4, -0.2) is 28.8 Å². The highest BCUT2D eigenvalue weighted by molar-refractivity contribution is 7.94. The molecule has 0 spiro atoms. The van der Waals surface area contributed by atoms with Gasteiger partial charge in [-0.2, -0.15) is 0 Å². The van der Waals surface area contributed by atoms with Crippen molar-refractivity contribution in [2.45, 2.75) is 77.2 Å². The molecule has 5 nitrogen and oxygen atoms in total. The number of rotatable bonds is 3. The molecule has 1 N–H and O–H groups in total. The molecule has 0 aliphatic carbocycles. The number of aromatic nitrogens is 1. The molecule has 0 radical (unpaired) electrons. The number of hydrogen-bond donors (Lipinski definition) is 1. The van der Waals surface area contributed by atoms with E-state index in [0.717, 1.165) is 10.6 Å². The summed E-state index contributed by atoms with van der Waals surface area (Å²) in [6, 6.07) is 0. The summed E-state index contributed by atoms with van der Waals surface area (Å²) in [5, 5.41) is 3.12. The lowest BCUT2D eigenvalue weighted by atomic mass is 9.94. The first-order valence-corrected chi connectivity index (χ1v) is 9.85. The minimum absolute atomic E-state index is 0.0717. The van der Waals surface area contributed by atoms with Crippen molar-refractivity contribution in [3.63, 3.8) is 0 Å². The molecule has 7 heteroatoms. The van der Waals surface area contributed by atoms with Gasteiger partial charge in [0.15, 0.2) is 15.0 Å². The Balaban J connectivity index is 3.14. The molecule has 0 bridgehead atoms. The Labute approximate surface area is 143 Å². The van der Waals surface area contributed by atoms with Crippen molar-refractivity contribution >= 4 is 32.2 Å². The Morgan fingerprint density at radius 3 is 1.87 bits per heavy atom. The van der Waals surface area contributed by atoms with Gasteiger partial charge in [0, 0.05) is 4.88 Å². The van der Waals surface area contributed by atoms with E-state index in [9.17, 15) is 13.2 Å². The highest BCUT2D eigenvalue weighted by Gasteiger charge is 2.48. The smallest absolute Gasteiger partial charge is 0.247 e. The predicted molar refractivity (Wildman–Crippen MR) is 96.9 cm³/mol. The summed E-state index contributed by atoms with van der Waals surface area (Å²) in [7, 11) is -3.66. The molecule has 0 atom stereocenters. The lowest BCUT2D eigenvalue weighted by Crippen LogP contribution is -2.51. The van der Waals surface area contributed by atoms with E-state index in [0.29, 0.717) is 5.13 Å². The second-order valence-electron chi connectivity index (χ2n) is 8.26. The van der Waals surface area contributed by atoms with Gasteiger partial charge in [-0.25, -0.2) is 13.4 Å². The zero-order valence-corrected chi connectivity index (χ0v) is 17.1. The molecule has 0 aliphatic heterocycles. The molecule has 0 unspecified atom stereocenters. The molecular formula is C16H28N2O3S2. The lowest BCUT2D eigenvalue weighted by Gasteiger charge is -2.31. The number of thiazole rings is 1. The maximum Gasteiger partial charge on any atom is 0.247 e. The molecule has 0 saturated heterocycles. The van der Waals surface area contributed by atoms with E-state index < -0.39 is 25.2 Å². The van der Waals surface area contributed by atoms with E-state index in [-0.39, 0.29) is 5.41 Å². The topological polar surface area (TPSA) is 76.1 Å². The van der Waals surface area contributed by atoms with Crippen LogP contribution >= 0.6 is 11.3 Å². The summed E-state index contributed by atoms with van der Waals surface area (Å²) in [5.74, 6) is -0.554. The first-order valence-electron chi connectivity index (χ1n) is 7.55. The molecule has 0 fully saturated rings. The van der Waals surface area contributed by atoms with Crippen LogP contribution in [0.5, 0.6) is 0 Å². The largest absolute Gasteiger partial charge is 0.301 e. The quantitative estimate of drug-likeness (QED) is 0.892. The van der Waals surface area contributed by atoms with Gasteiger partial charge in [-0.15, -0.1) is 11.3 Å². The number of nitrogens with zero attached hydrogens (tertiary/aromatic N) is 1. The zero-order chi connectivity index (χ0) is 18.4. The minimum atomic E-state index is -3.66. The number of amides is 1. The van der Waals surface area contributed by atoms with Crippen LogP contribution in [0.3, 0.4) is 0 Å².